The van der Waals surface area contributed by atoms with Gasteiger partial charge in [0.2, 0.25) is 15.9 Å². The Morgan fingerprint density at radius 2 is 1.93 bits per heavy atom. The zero-order chi connectivity index (χ0) is 19.6. The van der Waals surface area contributed by atoms with E-state index in [2.05, 4.69) is 21.2 Å². The van der Waals surface area contributed by atoms with E-state index in [1.807, 2.05) is 11.4 Å². The first-order chi connectivity index (χ1) is 12.8. The first-order valence-corrected chi connectivity index (χ1v) is 11.3. The summed E-state index contributed by atoms with van der Waals surface area (Å²) < 4.78 is 53.7. The van der Waals surface area contributed by atoms with Crippen molar-refractivity contribution < 1.29 is 22.0 Å². The number of hydrogen-bond acceptors (Lipinski definition) is 4. The molecule has 2 heterocycles. The third-order valence-corrected chi connectivity index (χ3v) is 8.00. The van der Waals surface area contributed by atoms with Gasteiger partial charge in [-0.15, -0.1) is 11.3 Å². The van der Waals surface area contributed by atoms with Gasteiger partial charge >= 0.3 is 0 Å². The Morgan fingerprint density at radius 3 is 2.52 bits per heavy atom. The summed E-state index contributed by atoms with van der Waals surface area (Å²) in [5.74, 6) is -2.68. The van der Waals surface area contributed by atoms with Crippen LogP contribution in [-0.4, -0.2) is 31.7 Å². The van der Waals surface area contributed by atoms with Gasteiger partial charge in [-0.1, -0.05) is 0 Å². The molecule has 146 valence electrons. The van der Waals surface area contributed by atoms with Gasteiger partial charge in [0.15, 0.2) is 11.6 Å². The number of sulfonamides is 1. The van der Waals surface area contributed by atoms with Gasteiger partial charge in [0, 0.05) is 33.7 Å². The maximum Gasteiger partial charge on any atom is 0.243 e. The van der Waals surface area contributed by atoms with E-state index in [-0.39, 0.29) is 29.8 Å². The summed E-state index contributed by atoms with van der Waals surface area (Å²) in [6, 6.07) is 4.46. The molecule has 1 fully saturated rings. The number of hydrogen-bond donors (Lipinski definition) is 1. The lowest BCUT2D eigenvalue weighted by atomic mass is 9.97. The van der Waals surface area contributed by atoms with Gasteiger partial charge in [-0.05, 0) is 53.0 Å². The number of carbonyl (C=O) groups is 1. The zero-order valence-corrected chi connectivity index (χ0v) is 17.3. The molecule has 1 aromatic carbocycles. The van der Waals surface area contributed by atoms with Crippen LogP contribution in [0.1, 0.15) is 17.7 Å². The molecule has 1 amide bonds. The Morgan fingerprint density at radius 1 is 1.22 bits per heavy atom. The minimum absolute atomic E-state index is 0.107. The quantitative estimate of drug-likeness (QED) is 0.714. The van der Waals surface area contributed by atoms with Gasteiger partial charge in [0.05, 0.1) is 11.4 Å². The van der Waals surface area contributed by atoms with E-state index in [1.165, 1.54) is 15.6 Å². The largest absolute Gasteiger partial charge is 0.351 e. The van der Waals surface area contributed by atoms with E-state index >= 15 is 0 Å². The second kappa shape index (κ2) is 8.34. The third kappa shape index (κ3) is 4.74. The summed E-state index contributed by atoms with van der Waals surface area (Å²) in [5, 5.41) is 4.81. The molecule has 1 N–H and O–H groups in total. The maximum atomic E-state index is 13.4. The summed E-state index contributed by atoms with van der Waals surface area (Å²) in [7, 11) is -3.91. The number of halogens is 3. The highest BCUT2D eigenvalue weighted by molar-refractivity contribution is 9.10. The number of carbonyl (C=O) groups excluding carboxylic acids is 1. The van der Waals surface area contributed by atoms with Crippen LogP contribution >= 0.6 is 27.3 Å². The van der Waals surface area contributed by atoms with E-state index < -0.39 is 21.7 Å². The first kappa shape index (κ1) is 20.4. The monoisotopic (exact) mass is 478 g/mol. The summed E-state index contributed by atoms with van der Waals surface area (Å²) in [6.45, 7) is 0.746. The van der Waals surface area contributed by atoms with E-state index in [1.54, 1.807) is 0 Å². The molecule has 1 aliphatic rings. The Hall–Kier alpha value is -1.36. The van der Waals surface area contributed by atoms with Crippen LogP contribution in [0.25, 0.3) is 0 Å². The van der Waals surface area contributed by atoms with E-state index in [9.17, 15) is 22.0 Å². The lowest BCUT2D eigenvalue weighted by Crippen LogP contribution is -2.42. The fraction of sp³-hybridized carbons (Fsp3) is 0.353. The fourth-order valence-corrected chi connectivity index (χ4v) is 5.78. The predicted molar refractivity (Wildman–Crippen MR) is 102 cm³/mol. The van der Waals surface area contributed by atoms with Crippen molar-refractivity contribution in [1.29, 1.82) is 0 Å². The van der Waals surface area contributed by atoms with Crippen LogP contribution in [0.5, 0.6) is 0 Å². The molecule has 0 saturated carbocycles. The molecule has 0 radical (unpaired) electrons. The van der Waals surface area contributed by atoms with Crippen LogP contribution in [0.15, 0.2) is 39.0 Å². The summed E-state index contributed by atoms with van der Waals surface area (Å²) in [6.07, 6.45) is 0.756. The predicted octanol–water partition coefficient (Wildman–Crippen LogP) is 3.51. The van der Waals surface area contributed by atoms with E-state index in [0.717, 1.165) is 21.5 Å². The van der Waals surface area contributed by atoms with Crippen molar-refractivity contribution >= 4 is 43.2 Å². The number of rotatable bonds is 5. The fourth-order valence-electron chi connectivity index (χ4n) is 2.91. The third-order valence-electron chi connectivity index (χ3n) is 4.41. The SMILES string of the molecule is O=C(NCc1cc(Br)cs1)C1CCN(S(=O)(=O)c2ccc(F)c(F)c2)CC1. The summed E-state index contributed by atoms with van der Waals surface area (Å²) >= 11 is 4.89. The maximum absolute atomic E-state index is 13.4. The van der Waals surface area contributed by atoms with Crippen molar-refractivity contribution in [3.05, 3.63) is 50.6 Å². The van der Waals surface area contributed by atoms with Gasteiger partial charge in [0.25, 0.3) is 0 Å². The number of thiophene rings is 1. The van der Waals surface area contributed by atoms with Crippen molar-refractivity contribution in [3.8, 4) is 0 Å². The molecule has 1 aromatic heterocycles. The summed E-state index contributed by atoms with van der Waals surface area (Å²) in [5.41, 5.74) is 0. The number of amides is 1. The summed E-state index contributed by atoms with van der Waals surface area (Å²) in [4.78, 5) is 13.0. The van der Waals surface area contributed by atoms with Gasteiger partial charge < -0.3 is 5.32 Å². The van der Waals surface area contributed by atoms with Crippen molar-refractivity contribution in [2.75, 3.05) is 13.1 Å². The van der Waals surface area contributed by atoms with Crippen LogP contribution in [0.3, 0.4) is 0 Å². The molecule has 27 heavy (non-hydrogen) atoms. The Bertz CT molecular complexity index is 941. The molecule has 1 saturated heterocycles. The normalized spacial score (nSPS) is 16.4. The second-order valence-electron chi connectivity index (χ2n) is 6.20. The highest BCUT2D eigenvalue weighted by Gasteiger charge is 2.32. The van der Waals surface area contributed by atoms with Crippen molar-refractivity contribution in [3.63, 3.8) is 0 Å². The van der Waals surface area contributed by atoms with Crippen LogP contribution < -0.4 is 5.32 Å². The van der Waals surface area contributed by atoms with Crippen LogP contribution in [-0.2, 0) is 21.4 Å². The average molecular weight is 479 g/mol. The van der Waals surface area contributed by atoms with E-state index in [4.69, 9.17) is 0 Å². The van der Waals surface area contributed by atoms with E-state index in [0.29, 0.717) is 25.5 Å². The van der Waals surface area contributed by atoms with Crippen molar-refractivity contribution in [1.82, 2.24) is 9.62 Å². The minimum atomic E-state index is -3.91. The standard InChI is InChI=1S/C17H17BrF2N2O3S2/c18-12-7-13(26-10-12)9-21-17(23)11-3-5-22(6-4-11)27(24,25)14-1-2-15(19)16(20)8-14/h1-2,7-8,10-11H,3-6,9H2,(H,21,23). The Labute approximate surface area is 168 Å². The Balaban J connectivity index is 1.57. The molecule has 5 nitrogen and oxygen atoms in total. The topological polar surface area (TPSA) is 66.5 Å². The minimum Gasteiger partial charge on any atom is -0.351 e. The lowest BCUT2D eigenvalue weighted by Gasteiger charge is -2.30. The molecule has 0 atom stereocenters. The van der Waals surface area contributed by atoms with Crippen molar-refractivity contribution in [2.45, 2.75) is 24.3 Å². The highest BCUT2D eigenvalue weighted by atomic mass is 79.9. The van der Waals surface area contributed by atoms with Gasteiger partial charge in [-0.2, -0.15) is 4.31 Å². The highest BCUT2D eigenvalue weighted by Crippen LogP contribution is 2.25. The molecule has 10 heteroatoms. The molecule has 3 rings (SSSR count). The molecule has 0 spiro atoms. The zero-order valence-electron chi connectivity index (χ0n) is 14.1. The van der Waals surface area contributed by atoms with Crippen LogP contribution in [0, 0.1) is 17.6 Å². The average Bonchev–Trinajstić information content (AvgIpc) is 3.07. The van der Waals surface area contributed by atoms with Gasteiger partial charge in [-0.25, -0.2) is 17.2 Å². The van der Waals surface area contributed by atoms with Crippen LogP contribution in [0.4, 0.5) is 8.78 Å². The number of benzene rings is 1. The Kier molecular flexibility index (Phi) is 6.29. The number of nitrogens with one attached hydrogen (secondary N) is 1. The number of nitrogens with zero attached hydrogens (tertiary/aromatic N) is 1. The molecule has 0 aliphatic carbocycles. The van der Waals surface area contributed by atoms with Crippen molar-refractivity contribution in [2.24, 2.45) is 5.92 Å². The van der Waals surface area contributed by atoms with Crippen LogP contribution in [0.2, 0.25) is 0 Å². The molecular formula is C17H17BrF2N2O3S2. The first-order valence-electron chi connectivity index (χ1n) is 8.23. The lowest BCUT2D eigenvalue weighted by molar-refractivity contribution is -0.126. The molecule has 2 aromatic rings. The molecule has 0 bridgehead atoms. The second-order valence-corrected chi connectivity index (χ2v) is 10.1. The number of piperidine rings is 1. The van der Waals surface area contributed by atoms with Gasteiger partial charge in [0.1, 0.15) is 0 Å². The van der Waals surface area contributed by atoms with Gasteiger partial charge in [-0.3, -0.25) is 4.79 Å². The smallest absolute Gasteiger partial charge is 0.243 e. The molecular weight excluding hydrogens is 462 g/mol. The molecule has 1 aliphatic heterocycles. The molecule has 0 unspecified atom stereocenters.